The molecule has 1 saturated heterocycles. The van der Waals surface area contributed by atoms with Crippen LogP contribution in [0.1, 0.15) is 32.6 Å². The summed E-state index contributed by atoms with van der Waals surface area (Å²) in [5, 5.41) is 0. The number of allylic oxidation sites excluding steroid dienone is 1. The summed E-state index contributed by atoms with van der Waals surface area (Å²) in [6.07, 6.45) is 7.00. The molecular formula is C13H21ClO2. The highest BCUT2D eigenvalue weighted by atomic mass is 35.5. The normalized spacial score (nSPS) is 41.4. The van der Waals surface area contributed by atoms with Crippen molar-refractivity contribution in [3.8, 4) is 0 Å². The summed E-state index contributed by atoms with van der Waals surface area (Å²) in [6.45, 7) is 3.87. The minimum atomic E-state index is 0.0529. The van der Waals surface area contributed by atoms with Crippen LogP contribution in [0.5, 0.6) is 0 Å². The molecule has 1 saturated carbocycles. The van der Waals surface area contributed by atoms with Gasteiger partial charge in [-0.05, 0) is 31.6 Å². The zero-order valence-corrected chi connectivity index (χ0v) is 10.7. The molecule has 1 aliphatic heterocycles. The maximum atomic E-state index is 5.76. The molecule has 2 rings (SSSR count). The summed E-state index contributed by atoms with van der Waals surface area (Å²) < 4.78 is 11.5. The molecule has 0 unspecified atom stereocenters. The third-order valence-corrected chi connectivity index (χ3v) is 3.78. The molecule has 0 spiro atoms. The van der Waals surface area contributed by atoms with Gasteiger partial charge in [0.25, 0.3) is 0 Å². The lowest BCUT2D eigenvalue weighted by atomic mass is 9.81. The first-order chi connectivity index (χ1) is 7.79. The average Bonchev–Trinajstić information content (AvgIpc) is 2.32. The van der Waals surface area contributed by atoms with E-state index >= 15 is 0 Å². The molecule has 0 aromatic heterocycles. The van der Waals surface area contributed by atoms with Gasteiger partial charge in [0, 0.05) is 17.4 Å². The third kappa shape index (κ3) is 3.22. The molecule has 0 aromatic rings. The van der Waals surface area contributed by atoms with Crippen LogP contribution in [0.3, 0.4) is 0 Å². The molecule has 2 aliphatic rings. The van der Waals surface area contributed by atoms with E-state index in [4.69, 9.17) is 21.1 Å². The Morgan fingerprint density at radius 1 is 1.06 bits per heavy atom. The highest BCUT2D eigenvalue weighted by Crippen LogP contribution is 2.34. The van der Waals surface area contributed by atoms with Crippen molar-refractivity contribution < 1.29 is 9.47 Å². The topological polar surface area (TPSA) is 18.5 Å². The highest BCUT2D eigenvalue weighted by Gasteiger charge is 2.30. The second-order valence-corrected chi connectivity index (χ2v) is 5.39. The molecule has 0 bridgehead atoms. The van der Waals surface area contributed by atoms with Crippen molar-refractivity contribution in [2.45, 2.75) is 38.9 Å². The van der Waals surface area contributed by atoms with E-state index in [2.05, 4.69) is 13.0 Å². The lowest BCUT2D eigenvalue weighted by Crippen LogP contribution is -2.37. The Bertz CT molecular complexity index is 226. The Labute approximate surface area is 103 Å². The Morgan fingerprint density at radius 3 is 2.25 bits per heavy atom. The lowest BCUT2D eigenvalue weighted by Gasteiger charge is -2.36. The van der Waals surface area contributed by atoms with E-state index in [1.54, 1.807) is 5.54 Å². The smallest absolute Gasteiger partial charge is 0.160 e. The van der Waals surface area contributed by atoms with Gasteiger partial charge in [-0.25, -0.2) is 0 Å². The van der Waals surface area contributed by atoms with Crippen LogP contribution < -0.4 is 0 Å². The zero-order valence-electron chi connectivity index (χ0n) is 9.90. The summed E-state index contributed by atoms with van der Waals surface area (Å²) in [6, 6.07) is 0. The summed E-state index contributed by atoms with van der Waals surface area (Å²) >= 11 is 5.61. The largest absolute Gasteiger partial charge is 0.352 e. The van der Waals surface area contributed by atoms with Crippen LogP contribution in [0.2, 0.25) is 0 Å². The van der Waals surface area contributed by atoms with Gasteiger partial charge in [-0.2, -0.15) is 0 Å². The minimum Gasteiger partial charge on any atom is -0.352 e. The molecule has 0 atom stereocenters. The van der Waals surface area contributed by atoms with E-state index in [-0.39, 0.29) is 6.29 Å². The molecular weight excluding hydrogens is 224 g/mol. The Kier molecular flexibility index (Phi) is 4.68. The number of hydrogen-bond donors (Lipinski definition) is 0. The SMILES string of the molecule is CC1COC(C2CCC(C=CCl)CC2)OC1. The predicted octanol–water partition coefficient (Wildman–Crippen LogP) is 3.55. The quantitative estimate of drug-likeness (QED) is 0.740. The van der Waals surface area contributed by atoms with E-state index in [1.807, 2.05) is 0 Å². The van der Waals surface area contributed by atoms with Crippen LogP contribution in [-0.2, 0) is 9.47 Å². The van der Waals surface area contributed by atoms with Gasteiger partial charge in [0.15, 0.2) is 6.29 Å². The number of ether oxygens (including phenoxy) is 2. The van der Waals surface area contributed by atoms with Crippen LogP contribution >= 0.6 is 11.6 Å². The summed E-state index contributed by atoms with van der Waals surface area (Å²) in [5.74, 6) is 1.80. The second kappa shape index (κ2) is 6.04. The maximum Gasteiger partial charge on any atom is 0.160 e. The molecule has 0 N–H and O–H groups in total. The fourth-order valence-electron chi connectivity index (χ4n) is 2.60. The van der Waals surface area contributed by atoms with Crippen molar-refractivity contribution in [1.29, 1.82) is 0 Å². The molecule has 0 amide bonds. The molecule has 92 valence electrons. The van der Waals surface area contributed by atoms with Gasteiger partial charge in [0.2, 0.25) is 0 Å². The first kappa shape index (κ1) is 12.4. The monoisotopic (exact) mass is 244 g/mol. The molecule has 1 aliphatic carbocycles. The standard InChI is InChI=1S/C13H21ClO2/c1-10-8-15-13(16-9-10)12-4-2-11(3-5-12)6-7-14/h6-7,10-13H,2-5,8-9H2,1H3. The minimum absolute atomic E-state index is 0.0529. The van der Waals surface area contributed by atoms with E-state index in [0.29, 0.717) is 17.8 Å². The Balaban J connectivity index is 1.76. The van der Waals surface area contributed by atoms with Crippen LogP contribution in [0.15, 0.2) is 11.6 Å². The van der Waals surface area contributed by atoms with Crippen molar-refractivity contribution in [1.82, 2.24) is 0 Å². The number of halogens is 1. The Hall–Kier alpha value is -0.0500. The zero-order chi connectivity index (χ0) is 11.4. The van der Waals surface area contributed by atoms with E-state index in [9.17, 15) is 0 Å². The first-order valence-electron chi connectivity index (χ1n) is 6.29. The second-order valence-electron chi connectivity index (χ2n) is 5.13. The number of hydrogen-bond acceptors (Lipinski definition) is 2. The van der Waals surface area contributed by atoms with Gasteiger partial charge < -0.3 is 9.47 Å². The van der Waals surface area contributed by atoms with E-state index in [0.717, 1.165) is 13.2 Å². The average molecular weight is 245 g/mol. The molecule has 0 aromatic carbocycles. The third-order valence-electron chi connectivity index (χ3n) is 3.64. The number of rotatable bonds is 2. The summed E-state index contributed by atoms with van der Waals surface area (Å²) in [4.78, 5) is 0. The maximum absolute atomic E-state index is 5.76. The highest BCUT2D eigenvalue weighted by molar-refractivity contribution is 6.25. The van der Waals surface area contributed by atoms with Crippen LogP contribution in [0, 0.1) is 17.8 Å². The van der Waals surface area contributed by atoms with Crippen LogP contribution in [0.4, 0.5) is 0 Å². The Morgan fingerprint density at radius 2 is 1.69 bits per heavy atom. The first-order valence-corrected chi connectivity index (χ1v) is 6.73. The molecule has 3 heteroatoms. The molecule has 1 heterocycles. The van der Waals surface area contributed by atoms with Gasteiger partial charge in [-0.3, -0.25) is 0 Å². The summed E-state index contributed by atoms with van der Waals surface area (Å²) in [7, 11) is 0. The fraction of sp³-hybridized carbons (Fsp3) is 0.846. The fourth-order valence-corrected chi connectivity index (χ4v) is 2.80. The summed E-state index contributed by atoms with van der Waals surface area (Å²) in [5.41, 5.74) is 1.65. The molecule has 2 nitrogen and oxygen atoms in total. The van der Waals surface area contributed by atoms with Crippen molar-refractivity contribution in [3.05, 3.63) is 11.6 Å². The van der Waals surface area contributed by atoms with Gasteiger partial charge in [0.05, 0.1) is 13.2 Å². The van der Waals surface area contributed by atoms with Crippen LogP contribution in [-0.4, -0.2) is 19.5 Å². The lowest BCUT2D eigenvalue weighted by molar-refractivity contribution is -0.226. The van der Waals surface area contributed by atoms with Crippen molar-refractivity contribution in [3.63, 3.8) is 0 Å². The van der Waals surface area contributed by atoms with Crippen molar-refractivity contribution in [2.75, 3.05) is 13.2 Å². The van der Waals surface area contributed by atoms with E-state index in [1.165, 1.54) is 25.7 Å². The van der Waals surface area contributed by atoms with Crippen molar-refractivity contribution in [2.24, 2.45) is 17.8 Å². The van der Waals surface area contributed by atoms with Crippen molar-refractivity contribution >= 4 is 11.6 Å². The molecule has 16 heavy (non-hydrogen) atoms. The predicted molar refractivity (Wildman–Crippen MR) is 65.3 cm³/mol. The van der Waals surface area contributed by atoms with Gasteiger partial charge in [-0.15, -0.1) is 0 Å². The van der Waals surface area contributed by atoms with E-state index < -0.39 is 0 Å². The van der Waals surface area contributed by atoms with Crippen LogP contribution in [0.25, 0.3) is 0 Å². The van der Waals surface area contributed by atoms with Gasteiger partial charge in [-0.1, -0.05) is 24.6 Å². The van der Waals surface area contributed by atoms with Gasteiger partial charge in [0.1, 0.15) is 0 Å². The molecule has 2 fully saturated rings. The van der Waals surface area contributed by atoms with Gasteiger partial charge >= 0.3 is 0 Å². The molecule has 0 radical (unpaired) electrons.